The molecule has 0 aromatic heterocycles. The van der Waals surface area contributed by atoms with Gasteiger partial charge in [-0.25, -0.2) is 0 Å². The topological polar surface area (TPSA) is 0 Å². The summed E-state index contributed by atoms with van der Waals surface area (Å²) in [5.74, 6) is 0. The van der Waals surface area contributed by atoms with Gasteiger partial charge in [0, 0.05) is 0 Å². The van der Waals surface area contributed by atoms with Crippen LogP contribution < -0.4 is 0 Å². The van der Waals surface area contributed by atoms with E-state index in [9.17, 15) is 0 Å². The second kappa shape index (κ2) is 8.87. The summed E-state index contributed by atoms with van der Waals surface area (Å²) >= 11 is 0. The molecule has 2 aromatic carbocycles. The van der Waals surface area contributed by atoms with Crippen LogP contribution in [0.25, 0.3) is 10.8 Å². The predicted octanol–water partition coefficient (Wildman–Crippen LogP) is 6.83. The molecule has 0 aliphatic heterocycles. The van der Waals surface area contributed by atoms with E-state index in [2.05, 4.69) is 50.2 Å². The molecule has 114 valence electrons. The van der Waals surface area contributed by atoms with Gasteiger partial charge in [-0.15, -0.1) is 0 Å². The second-order valence-corrected chi connectivity index (χ2v) is 6.41. The van der Waals surface area contributed by atoms with Crippen LogP contribution in [0, 0.1) is 6.92 Å². The lowest BCUT2D eigenvalue weighted by Crippen LogP contribution is -1.87. The molecule has 0 aliphatic carbocycles. The van der Waals surface area contributed by atoms with Crippen LogP contribution in [0.15, 0.2) is 36.4 Å². The minimum atomic E-state index is 1.23. The number of rotatable bonds is 9. The van der Waals surface area contributed by atoms with E-state index in [0.29, 0.717) is 0 Å². The van der Waals surface area contributed by atoms with Crippen molar-refractivity contribution in [3.8, 4) is 0 Å². The van der Waals surface area contributed by atoms with E-state index in [-0.39, 0.29) is 0 Å². The molecule has 0 fully saturated rings. The third kappa shape index (κ3) is 5.53. The van der Waals surface area contributed by atoms with E-state index in [1.807, 2.05) is 0 Å². The number of benzene rings is 2. The number of unbranched alkanes of at least 4 members (excludes halogenated alkanes) is 7. The van der Waals surface area contributed by atoms with Gasteiger partial charge in [-0.1, -0.05) is 93.8 Å². The fourth-order valence-corrected chi connectivity index (χ4v) is 3.03. The molecule has 0 unspecified atom stereocenters. The van der Waals surface area contributed by atoms with E-state index < -0.39 is 0 Å². The normalized spacial score (nSPS) is 11.1. The van der Waals surface area contributed by atoms with Gasteiger partial charge in [0.15, 0.2) is 0 Å². The summed E-state index contributed by atoms with van der Waals surface area (Å²) in [6, 6.07) is 13.7. The monoisotopic (exact) mass is 282 g/mol. The Morgan fingerprint density at radius 3 is 2.10 bits per heavy atom. The quantitative estimate of drug-likeness (QED) is 0.442. The second-order valence-electron chi connectivity index (χ2n) is 6.41. The average molecular weight is 282 g/mol. The van der Waals surface area contributed by atoms with Crippen LogP contribution in [0.4, 0.5) is 0 Å². The Morgan fingerprint density at radius 2 is 1.33 bits per heavy atom. The number of hydrogen-bond donors (Lipinski definition) is 0. The Hall–Kier alpha value is -1.30. The van der Waals surface area contributed by atoms with E-state index in [1.54, 1.807) is 0 Å². The van der Waals surface area contributed by atoms with Crippen LogP contribution in [-0.2, 0) is 6.42 Å². The summed E-state index contributed by atoms with van der Waals surface area (Å²) in [6.45, 7) is 4.45. The highest BCUT2D eigenvalue weighted by Gasteiger charge is 1.98. The Balaban J connectivity index is 1.71. The van der Waals surface area contributed by atoms with Crippen molar-refractivity contribution in [1.29, 1.82) is 0 Å². The molecule has 0 heterocycles. The van der Waals surface area contributed by atoms with Crippen molar-refractivity contribution < 1.29 is 0 Å². The first-order chi connectivity index (χ1) is 10.3. The molecule has 0 nitrogen and oxygen atoms in total. The maximum absolute atomic E-state index is 2.38. The zero-order valence-electron chi connectivity index (χ0n) is 13.8. The molecule has 0 N–H and O–H groups in total. The summed E-state index contributed by atoms with van der Waals surface area (Å²) in [6.07, 6.45) is 12.4. The third-order valence-electron chi connectivity index (χ3n) is 4.38. The van der Waals surface area contributed by atoms with Crippen LogP contribution in [0.3, 0.4) is 0 Å². The van der Waals surface area contributed by atoms with Gasteiger partial charge in [0.2, 0.25) is 0 Å². The number of hydrogen-bond acceptors (Lipinski definition) is 0. The molecular formula is C21H30. The van der Waals surface area contributed by atoms with E-state index in [4.69, 9.17) is 0 Å². The summed E-state index contributed by atoms with van der Waals surface area (Å²) in [5.41, 5.74) is 2.85. The van der Waals surface area contributed by atoms with E-state index in [0.717, 1.165) is 0 Å². The zero-order chi connectivity index (χ0) is 14.9. The summed E-state index contributed by atoms with van der Waals surface area (Å²) in [4.78, 5) is 0. The molecule has 2 aromatic rings. The molecule has 21 heavy (non-hydrogen) atoms. The van der Waals surface area contributed by atoms with Crippen LogP contribution in [0.5, 0.6) is 0 Å². The van der Waals surface area contributed by atoms with Gasteiger partial charge >= 0.3 is 0 Å². The summed E-state index contributed by atoms with van der Waals surface area (Å²) in [5, 5.41) is 2.76. The van der Waals surface area contributed by atoms with Crippen LogP contribution in [0.2, 0.25) is 0 Å². The molecule has 0 radical (unpaired) electrons. The first-order valence-electron chi connectivity index (χ1n) is 8.79. The number of aryl methyl sites for hydroxylation is 2. The van der Waals surface area contributed by atoms with Crippen molar-refractivity contribution in [2.24, 2.45) is 0 Å². The maximum Gasteiger partial charge on any atom is -0.0179 e. The van der Waals surface area contributed by atoms with Crippen molar-refractivity contribution >= 4 is 10.8 Å². The molecule has 0 saturated carbocycles. The van der Waals surface area contributed by atoms with Gasteiger partial charge in [0.25, 0.3) is 0 Å². The highest BCUT2D eigenvalue weighted by atomic mass is 14.0. The largest absolute Gasteiger partial charge is 0.0654 e. The minimum absolute atomic E-state index is 1.23. The lowest BCUT2D eigenvalue weighted by atomic mass is 10.0. The smallest absolute Gasteiger partial charge is 0.0179 e. The molecule has 0 spiro atoms. The third-order valence-corrected chi connectivity index (χ3v) is 4.38. The highest BCUT2D eigenvalue weighted by Crippen LogP contribution is 2.19. The molecule has 0 saturated heterocycles. The van der Waals surface area contributed by atoms with Crippen molar-refractivity contribution in [1.82, 2.24) is 0 Å². The number of fused-ring (bicyclic) bond motifs is 1. The van der Waals surface area contributed by atoms with Gasteiger partial charge in [-0.05, 0) is 36.1 Å². The molecule has 0 heteroatoms. The average Bonchev–Trinajstić information content (AvgIpc) is 2.49. The van der Waals surface area contributed by atoms with E-state index in [1.165, 1.54) is 79.7 Å². The fraction of sp³-hybridized carbons (Fsp3) is 0.524. The first kappa shape index (κ1) is 16.1. The zero-order valence-corrected chi connectivity index (χ0v) is 13.8. The van der Waals surface area contributed by atoms with Crippen LogP contribution in [0.1, 0.15) is 69.4 Å². The van der Waals surface area contributed by atoms with Gasteiger partial charge in [0.1, 0.15) is 0 Å². The Morgan fingerprint density at radius 1 is 0.667 bits per heavy atom. The van der Waals surface area contributed by atoms with Gasteiger partial charge in [0.05, 0.1) is 0 Å². The minimum Gasteiger partial charge on any atom is -0.0654 e. The molecular weight excluding hydrogens is 252 g/mol. The predicted molar refractivity (Wildman–Crippen MR) is 95.0 cm³/mol. The van der Waals surface area contributed by atoms with Crippen molar-refractivity contribution in [3.05, 3.63) is 47.5 Å². The van der Waals surface area contributed by atoms with Crippen LogP contribution in [-0.4, -0.2) is 0 Å². The maximum atomic E-state index is 2.38. The van der Waals surface area contributed by atoms with Crippen LogP contribution >= 0.6 is 0 Å². The van der Waals surface area contributed by atoms with Crippen molar-refractivity contribution in [2.75, 3.05) is 0 Å². The summed E-state index contributed by atoms with van der Waals surface area (Å²) in [7, 11) is 0. The van der Waals surface area contributed by atoms with Crippen molar-refractivity contribution in [2.45, 2.75) is 71.6 Å². The standard InChI is InChI=1S/C21H30/c1-3-4-5-6-7-8-9-10-11-19-13-15-20-14-12-18(2)16-21(20)17-19/h12-17H,3-11H2,1-2H3. The van der Waals surface area contributed by atoms with Gasteiger partial charge in [-0.3, -0.25) is 0 Å². The first-order valence-corrected chi connectivity index (χ1v) is 8.79. The molecule has 2 rings (SSSR count). The highest BCUT2D eigenvalue weighted by molar-refractivity contribution is 5.83. The lowest BCUT2D eigenvalue weighted by molar-refractivity contribution is 0.575. The van der Waals surface area contributed by atoms with Gasteiger partial charge < -0.3 is 0 Å². The van der Waals surface area contributed by atoms with Gasteiger partial charge in [-0.2, -0.15) is 0 Å². The molecule has 0 bridgehead atoms. The lowest BCUT2D eigenvalue weighted by Gasteiger charge is -2.05. The molecule has 0 aliphatic rings. The van der Waals surface area contributed by atoms with Crippen molar-refractivity contribution in [3.63, 3.8) is 0 Å². The Kier molecular flexibility index (Phi) is 6.79. The molecule has 0 amide bonds. The molecule has 0 atom stereocenters. The Bertz CT molecular complexity index is 539. The SMILES string of the molecule is CCCCCCCCCCc1ccc2ccc(C)cc2c1. The fourth-order valence-electron chi connectivity index (χ4n) is 3.03. The Labute approximate surface area is 130 Å². The van der Waals surface area contributed by atoms with E-state index >= 15 is 0 Å². The summed E-state index contributed by atoms with van der Waals surface area (Å²) < 4.78 is 0.